The first-order chi connectivity index (χ1) is 11.4. The lowest BCUT2D eigenvalue weighted by atomic mass is 10.0. The summed E-state index contributed by atoms with van der Waals surface area (Å²) in [6, 6.07) is 8.79. The van der Waals surface area contributed by atoms with E-state index in [1.54, 1.807) is 24.3 Å². The molecule has 4 nitrogen and oxygen atoms in total. The lowest BCUT2D eigenvalue weighted by Gasteiger charge is -2.16. The monoisotopic (exact) mass is 352 g/mol. The van der Waals surface area contributed by atoms with Gasteiger partial charge in [0.05, 0.1) is 6.42 Å². The van der Waals surface area contributed by atoms with E-state index in [-0.39, 0.29) is 18.4 Å². The van der Waals surface area contributed by atoms with Crippen LogP contribution in [0, 0.1) is 11.6 Å². The number of nitrogens with two attached hydrogens (primary N) is 1. The lowest BCUT2D eigenvalue weighted by molar-refractivity contribution is -0.127. The highest BCUT2D eigenvalue weighted by Gasteiger charge is 2.20. The minimum absolute atomic E-state index is 0.0230. The first-order valence-electron chi connectivity index (χ1n) is 7.13. The second-order valence-electron chi connectivity index (χ2n) is 5.23. The molecular formula is C17H15ClF2N2O2. The van der Waals surface area contributed by atoms with E-state index < -0.39 is 29.5 Å². The fourth-order valence-electron chi connectivity index (χ4n) is 2.19. The molecule has 0 heterocycles. The fraction of sp³-hybridized carbons (Fsp3) is 0.176. The number of nitrogens with one attached hydrogen (secondary N) is 1. The summed E-state index contributed by atoms with van der Waals surface area (Å²) in [5.41, 5.74) is 5.98. The summed E-state index contributed by atoms with van der Waals surface area (Å²) >= 11 is 6.02. The molecule has 0 spiro atoms. The number of rotatable bonds is 6. The van der Waals surface area contributed by atoms with Crippen LogP contribution in [0.15, 0.2) is 42.5 Å². The summed E-state index contributed by atoms with van der Waals surface area (Å²) in [7, 11) is 0. The molecule has 0 saturated carbocycles. The van der Waals surface area contributed by atoms with Gasteiger partial charge in [-0.2, -0.15) is 0 Å². The number of amides is 2. The van der Waals surface area contributed by atoms with Crippen molar-refractivity contribution in [2.45, 2.75) is 18.9 Å². The molecule has 0 aliphatic heterocycles. The highest BCUT2D eigenvalue weighted by atomic mass is 35.5. The molecule has 2 aromatic carbocycles. The largest absolute Gasteiger partial charge is 0.368 e. The Morgan fingerprint density at radius 2 is 1.83 bits per heavy atom. The molecule has 0 aliphatic carbocycles. The summed E-state index contributed by atoms with van der Waals surface area (Å²) in [5, 5.41) is 2.90. The van der Waals surface area contributed by atoms with Crippen LogP contribution in [0.25, 0.3) is 0 Å². The molecule has 0 unspecified atom stereocenters. The van der Waals surface area contributed by atoms with Crippen molar-refractivity contribution >= 4 is 23.4 Å². The molecule has 0 radical (unpaired) electrons. The van der Waals surface area contributed by atoms with Crippen molar-refractivity contribution < 1.29 is 18.4 Å². The SMILES string of the molecule is NC(=O)[C@H](Cc1ccccc1Cl)NC(=O)Cc1ccc(F)cc1F. The second-order valence-corrected chi connectivity index (χ2v) is 5.64. The van der Waals surface area contributed by atoms with Crippen LogP contribution in [0.4, 0.5) is 8.78 Å². The number of benzene rings is 2. The van der Waals surface area contributed by atoms with E-state index in [9.17, 15) is 18.4 Å². The topological polar surface area (TPSA) is 72.2 Å². The second kappa shape index (κ2) is 7.88. The van der Waals surface area contributed by atoms with E-state index in [2.05, 4.69) is 5.32 Å². The van der Waals surface area contributed by atoms with E-state index in [4.69, 9.17) is 17.3 Å². The zero-order chi connectivity index (χ0) is 17.7. The normalized spacial score (nSPS) is 11.8. The summed E-state index contributed by atoms with van der Waals surface area (Å²) in [6.45, 7) is 0. The zero-order valence-corrected chi connectivity index (χ0v) is 13.3. The Morgan fingerprint density at radius 3 is 2.46 bits per heavy atom. The standard InChI is InChI=1S/C17H15ClF2N2O2/c18-13-4-2-1-3-10(13)7-15(17(21)24)22-16(23)8-11-5-6-12(19)9-14(11)20/h1-6,9,15H,7-8H2,(H2,21,24)(H,22,23)/t15-/m0/s1. The Morgan fingerprint density at radius 1 is 1.12 bits per heavy atom. The van der Waals surface area contributed by atoms with Gasteiger partial charge in [0.15, 0.2) is 0 Å². The van der Waals surface area contributed by atoms with Gasteiger partial charge in [-0.1, -0.05) is 35.9 Å². The van der Waals surface area contributed by atoms with Gasteiger partial charge in [0.25, 0.3) is 0 Å². The number of hydrogen-bond acceptors (Lipinski definition) is 2. The minimum atomic E-state index is -0.985. The number of carbonyl (C=O) groups is 2. The van der Waals surface area contributed by atoms with Crippen molar-refractivity contribution in [2.24, 2.45) is 5.73 Å². The maximum Gasteiger partial charge on any atom is 0.240 e. The summed E-state index contributed by atoms with van der Waals surface area (Å²) in [6.07, 6.45) is -0.217. The van der Waals surface area contributed by atoms with Crippen molar-refractivity contribution in [3.63, 3.8) is 0 Å². The van der Waals surface area contributed by atoms with E-state index in [1.165, 1.54) is 6.07 Å². The highest BCUT2D eigenvalue weighted by molar-refractivity contribution is 6.31. The molecule has 24 heavy (non-hydrogen) atoms. The Bertz CT molecular complexity index is 768. The van der Waals surface area contributed by atoms with Gasteiger partial charge in [-0.3, -0.25) is 9.59 Å². The third-order valence-corrected chi connectivity index (χ3v) is 3.80. The molecule has 2 amide bonds. The molecule has 3 N–H and O–H groups in total. The smallest absolute Gasteiger partial charge is 0.240 e. The van der Waals surface area contributed by atoms with Crippen LogP contribution in [0.3, 0.4) is 0 Å². The van der Waals surface area contributed by atoms with Crippen LogP contribution < -0.4 is 11.1 Å². The Hall–Kier alpha value is -2.47. The molecule has 1 atom stereocenters. The molecule has 2 rings (SSSR count). The van der Waals surface area contributed by atoms with Crippen LogP contribution in [-0.2, 0) is 22.4 Å². The van der Waals surface area contributed by atoms with Gasteiger partial charge in [0, 0.05) is 17.5 Å². The molecule has 2 aromatic rings. The maximum atomic E-state index is 13.6. The van der Waals surface area contributed by atoms with Gasteiger partial charge in [0.1, 0.15) is 17.7 Å². The van der Waals surface area contributed by atoms with Crippen molar-refractivity contribution in [3.05, 3.63) is 70.2 Å². The van der Waals surface area contributed by atoms with Crippen LogP contribution in [0.5, 0.6) is 0 Å². The number of carbonyl (C=O) groups excluding carboxylic acids is 2. The third kappa shape index (κ3) is 4.76. The quantitative estimate of drug-likeness (QED) is 0.837. The van der Waals surface area contributed by atoms with Gasteiger partial charge in [-0.15, -0.1) is 0 Å². The molecule has 0 aromatic heterocycles. The van der Waals surface area contributed by atoms with E-state index in [0.717, 1.165) is 6.07 Å². The van der Waals surface area contributed by atoms with Crippen molar-refractivity contribution in [1.82, 2.24) is 5.32 Å². The van der Waals surface area contributed by atoms with Crippen molar-refractivity contribution in [1.29, 1.82) is 0 Å². The number of primary amides is 1. The Balaban J connectivity index is 2.06. The third-order valence-electron chi connectivity index (χ3n) is 3.43. The van der Waals surface area contributed by atoms with E-state index >= 15 is 0 Å². The molecule has 126 valence electrons. The van der Waals surface area contributed by atoms with Crippen LogP contribution in [-0.4, -0.2) is 17.9 Å². The Labute approximate surface area is 142 Å². The molecule has 0 bridgehead atoms. The first kappa shape index (κ1) is 17.9. The molecular weight excluding hydrogens is 338 g/mol. The van der Waals surface area contributed by atoms with Gasteiger partial charge in [0.2, 0.25) is 11.8 Å². The predicted octanol–water partition coefficient (Wildman–Crippen LogP) is 2.37. The highest BCUT2D eigenvalue weighted by Crippen LogP contribution is 2.17. The minimum Gasteiger partial charge on any atom is -0.368 e. The zero-order valence-electron chi connectivity index (χ0n) is 12.6. The van der Waals surface area contributed by atoms with Crippen molar-refractivity contribution in [3.8, 4) is 0 Å². The average Bonchev–Trinajstić information content (AvgIpc) is 2.51. The number of hydrogen-bond donors (Lipinski definition) is 2. The Kier molecular flexibility index (Phi) is 5.87. The van der Waals surface area contributed by atoms with Crippen LogP contribution >= 0.6 is 11.6 Å². The van der Waals surface area contributed by atoms with E-state index in [0.29, 0.717) is 16.7 Å². The predicted molar refractivity (Wildman–Crippen MR) is 86.3 cm³/mol. The molecule has 0 aliphatic rings. The summed E-state index contributed by atoms with van der Waals surface area (Å²) in [4.78, 5) is 23.6. The van der Waals surface area contributed by atoms with Crippen molar-refractivity contribution in [2.75, 3.05) is 0 Å². The van der Waals surface area contributed by atoms with Gasteiger partial charge in [-0.25, -0.2) is 8.78 Å². The van der Waals surface area contributed by atoms with Crippen LogP contribution in [0.1, 0.15) is 11.1 Å². The fourth-order valence-corrected chi connectivity index (χ4v) is 2.40. The number of halogens is 3. The lowest BCUT2D eigenvalue weighted by Crippen LogP contribution is -2.46. The summed E-state index contributed by atoms with van der Waals surface area (Å²) < 4.78 is 26.4. The van der Waals surface area contributed by atoms with Crippen LogP contribution in [0.2, 0.25) is 5.02 Å². The van der Waals surface area contributed by atoms with Gasteiger partial charge >= 0.3 is 0 Å². The molecule has 0 fully saturated rings. The molecule has 0 saturated heterocycles. The van der Waals surface area contributed by atoms with Gasteiger partial charge < -0.3 is 11.1 Å². The first-order valence-corrected chi connectivity index (χ1v) is 7.50. The van der Waals surface area contributed by atoms with E-state index in [1.807, 2.05) is 0 Å². The summed E-state index contributed by atoms with van der Waals surface area (Å²) in [5.74, 6) is -2.89. The average molecular weight is 353 g/mol. The van der Waals surface area contributed by atoms with Gasteiger partial charge in [-0.05, 0) is 23.3 Å². The molecule has 7 heteroatoms. The maximum absolute atomic E-state index is 13.6.